The molecule has 0 aliphatic heterocycles. The molecule has 0 fully saturated rings. The summed E-state index contributed by atoms with van der Waals surface area (Å²) in [4.78, 5) is 0. The van der Waals surface area contributed by atoms with E-state index in [0.717, 1.165) is 11.9 Å². The Hall–Kier alpha value is -1.47. The Morgan fingerprint density at radius 2 is 2.00 bits per heavy atom. The van der Waals surface area contributed by atoms with Crippen LogP contribution in [0.4, 0.5) is 11.4 Å². The van der Waals surface area contributed by atoms with Crippen LogP contribution >= 0.6 is 0 Å². The number of rotatable bonds is 7. The number of para-hydroxylation sites is 1. The summed E-state index contributed by atoms with van der Waals surface area (Å²) >= 11 is 0. The summed E-state index contributed by atoms with van der Waals surface area (Å²) in [6, 6.07) is 5.46. The van der Waals surface area contributed by atoms with E-state index in [1.54, 1.807) is 19.9 Å². The maximum absolute atomic E-state index is 11.3. The van der Waals surface area contributed by atoms with E-state index in [2.05, 4.69) is 10.0 Å². The van der Waals surface area contributed by atoms with Crippen LogP contribution in [0, 0.1) is 0 Å². The summed E-state index contributed by atoms with van der Waals surface area (Å²) in [5.74, 6) is 0.617. The fraction of sp³-hybridized carbons (Fsp3) is 0.538. The summed E-state index contributed by atoms with van der Waals surface area (Å²) in [5, 5.41) is 3.14. The predicted octanol–water partition coefficient (Wildman–Crippen LogP) is 1.41. The van der Waals surface area contributed by atoms with Gasteiger partial charge in [-0.2, -0.15) is 0 Å². The third-order valence-corrected chi connectivity index (χ3v) is 3.47. The molecule has 0 unspecified atom stereocenters. The number of nitrogens with one attached hydrogen (secondary N) is 2. The molecule has 0 saturated heterocycles. The average Bonchev–Trinajstić information content (AvgIpc) is 2.27. The molecule has 0 heterocycles. The van der Waals surface area contributed by atoms with Gasteiger partial charge in [-0.3, -0.25) is 0 Å². The van der Waals surface area contributed by atoms with Gasteiger partial charge in [0.15, 0.2) is 0 Å². The van der Waals surface area contributed by atoms with Gasteiger partial charge in [-0.1, -0.05) is 6.07 Å². The van der Waals surface area contributed by atoms with Crippen LogP contribution in [0.15, 0.2) is 18.2 Å². The smallest absolute Gasteiger partial charge is 0.209 e. The third kappa shape index (κ3) is 5.26. The fourth-order valence-corrected chi connectivity index (χ4v) is 2.91. The van der Waals surface area contributed by atoms with Gasteiger partial charge in [0.2, 0.25) is 10.0 Å². The third-order valence-electron chi connectivity index (χ3n) is 2.55. The van der Waals surface area contributed by atoms with E-state index < -0.39 is 15.6 Å². The molecular weight excluding hydrogens is 278 g/mol. The SMILES string of the molecule is CCOc1cccc(NCC(C)(C)NS(C)(=O)=O)c1N. The minimum Gasteiger partial charge on any atom is -0.492 e. The Kier molecular flexibility index (Phi) is 5.24. The second-order valence-electron chi connectivity index (χ2n) is 5.26. The van der Waals surface area contributed by atoms with Crippen molar-refractivity contribution in [2.75, 3.05) is 30.5 Å². The lowest BCUT2D eigenvalue weighted by atomic mass is 10.1. The summed E-state index contributed by atoms with van der Waals surface area (Å²) in [6.45, 7) is 6.42. The van der Waals surface area contributed by atoms with Gasteiger partial charge in [-0.25, -0.2) is 13.1 Å². The first-order chi connectivity index (χ1) is 9.14. The summed E-state index contributed by atoms with van der Waals surface area (Å²) in [5.41, 5.74) is 6.62. The molecule has 0 bridgehead atoms. The van der Waals surface area contributed by atoms with Gasteiger partial charge in [0.25, 0.3) is 0 Å². The number of nitrogens with two attached hydrogens (primary N) is 1. The van der Waals surface area contributed by atoms with Crippen molar-refractivity contribution < 1.29 is 13.2 Å². The Morgan fingerprint density at radius 3 is 2.55 bits per heavy atom. The van der Waals surface area contributed by atoms with Crippen LogP contribution in [0.1, 0.15) is 20.8 Å². The zero-order valence-electron chi connectivity index (χ0n) is 12.4. The Morgan fingerprint density at radius 1 is 1.35 bits per heavy atom. The first-order valence-electron chi connectivity index (χ1n) is 6.39. The number of nitrogen functional groups attached to an aromatic ring is 1. The molecule has 0 spiro atoms. The Balaban J connectivity index is 2.77. The molecule has 20 heavy (non-hydrogen) atoms. The van der Waals surface area contributed by atoms with Crippen LogP contribution in [0.3, 0.4) is 0 Å². The Bertz CT molecular complexity index is 556. The minimum absolute atomic E-state index is 0.403. The zero-order valence-corrected chi connectivity index (χ0v) is 13.2. The standard InChI is InChI=1S/C13H23N3O3S/c1-5-19-11-8-6-7-10(12(11)14)15-9-13(2,3)16-20(4,17)18/h6-8,15-16H,5,9,14H2,1-4H3. The van der Waals surface area contributed by atoms with Gasteiger partial charge in [-0.05, 0) is 32.9 Å². The average molecular weight is 301 g/mol. The molecule has 1 rings (SSSR count). The van der Waals surface area contributed by atoms with Gasteiger partial charge in [0.05, 0.1) is 24.2 Å². The van der Waals surface area contributed by atoms with Crippen molar-refractivity contribution in [2.24, 2.45) is 0 Å². The quantitative estimate of drug-likeness (QED) is 0.662. The number of hydrogen-bond donors (Lipinski definition) is 3. The first-order valence-corrected chi connectivity index (χ1v) is 8.28. The van der Waals surface area contributed by atoms with E-state index >= 15 is 0 Å². The molecule has 0 amide bonds. The summed E-state index contributed by atoms with van der Waals surface area (Å²) < 4.78 is 30.5. The molecule has 1 aromatic carbocycles. The van der Waals surface area contributed by atoms with E-state index in [1.165, 1.54) is 0 Å². The molecule has 0 aliphatic carbocycles. The second-order valence-corrected chi connectivity index (χ2v) is 7.01. The van der Waals surface area contributed by atoms with Gasteiger partial charge in [0.1, 0.15) is 5.75 Å². The van der Waals surface area contributed by atoms with Crippen molar-refractivity contribution in [3.8, 4) is 5.75 Å². The van der Waals surface area contributed by atoms with Gasteiger partial charge in [0, 0.05) is 12.1 Å². The lowest BCUT2D eigenvalue weighted by Crippen LogP contribution is -2.47. The van der Waals surface area contributed by atoms with Crippen LogP contribution in [0.25, 0.3) is 0 Å². The molecule has 6 nitrogen and oxygen atoms in total. The van der Waals surface area contributed by atoms with Crippen molar-refractivity contribution in [3.63, 3.8) is 0 Å². The number of ether oxygens (including phenoxy) is 1. The van der Waals surface area contributed by atoms with E-state index in [1.807, 2.05) is 19.1 Å². The number of hydrogen-bond acceptors (Lipinski definition) is 5. The van der Waals surface area contributed by atoms with Crippen LogP contribution in [-0.4, -0.2) is 33.4 Å². The number of anilines is 2. The zero-order chi connectivity index (χ0) is 15.4. The lowest BCUT2D eigenvalue weighted by molar-refractivity contribution is 0.342. The Labute approximate surface area is 120 Å². The minimum atomic E-state index is -3.26. The molecule has 0 saturated carbocycles. The topological polar surface area (TPSA) is 93.5 Å². The van der Waals surface area contributed by atoms with E-state index in [4.69, 9.17) is 10.5 Å². The monoisotopic (exact) mass is 301 g/mol. The molecule has 0 atom stereocenters. The molecular formula is C13H23N3O3S. The highest BCUT2D eigenvalue weighted by Crippen LogP contribution is 2.29. The normalized spacial score (nSPS) is 12.2. The van der Waals surface area contributed by atoms with Gasteiger partial charge < -0.3 is 15.8 Å². The predicted molar refractivity (Wildman–Crippen MR) is 82.6 cm³/mol. The second kappa shape index (κ2) is 6.32. The van der Waals surface area contributed by atoms with Gasteiger partial charge >= 0.3 is 0 Å². The molecule has 4 N–H and O–H groups in total. The summed E-state index contributed by atoms with van der Waals surface area (Å²) in [6.07, 6.45) is 1.14. The molecule has 7 heteroatoms. The van der Waals surface area contributed by atoms with Crippen molar-refractivity contribution in [1.82, 2.24) is 4.72 Å². The molecule has 0 aliphatic rings. The highest BCUT2D eigenvalue weighted by Gasteiger charge is 2.22. The van der Waals surface area contributed by atoms with Crippen LogP contribution in [-0.2, 0) is 10.0 Å². The maximum Gasteiger partial charge on any atom is 0.209 e. The van der Waals surface area contributed by atoms with E-state index in [9.17, 15) is 8.42 Å². The van der Waals surface area contributed by atoms with Crippen molar-refractivity contribution in [2.45, 2.75) is 26.3 Å². The summed E-state index contributed by atoms with van der Waals surface area (Å²) in [7, 11) is -3.26. The van der Waals surface area contributed by atoms with E-state index in [0.29, 0.717) is 24.6 Å². The van der Waals surface area contributed by atoms with Crippen molar-refractivity contribution >= 4 is 21.4 Å². The molecule has 0 aromatic heterocycles. The maximum atomic E-state index is 11.3. The van der Waals surface area contributed by atoms with Crippen LogP contribution < -0.4 is 20.5 Å². The van der Waals surface area contributed by atoms with Crippen molar-refractivity contribution in [3.05, 3.63) is 18.2 Å². The lowest BCUT2D eigenvalue weighted by Gasteiger charge is -2.26. The van der Waals surface area contributed by atoms with Crippen LogP contribution in [0.2, 0.25) is 0 Å². The van der Waals surface area contributed by atoms with Gasteiger partial charge in [-0.15, -0.1) is 0 Å². The van der Waals surface area contributed by atoms with E-state index in [-0.39, 0.29) is 0 Å². The number of benzene rings is 1. The highest BCUT2D eigenvalue weighted by atomic mass is 32.2. The first kappa shape index (κ1) is 16.6. The molecule has 0 radical (unpaired) electrons. The molecule has 1 aromatic rings. The van der Waals surface area contributed by atoms with Crippen molar-refractivity contribution in [1.29, 1.82) is 0 Å². The molecule has 114 valence electrons. The fourth-order valence-electron chi connectivity index (χ4n) is 1.83. The highest BCUT2D eigenvalue weighted by molar-refractivity contribution is 7.88. The van der Waals surface area contributed by atoms with Crippen LogP contribution in [0.5, 0.6) is 5.75 Å². The largest absolute Gasteiger partial charge is 0.492 e. The number of sulfonamides is 1.